The fraction of sp³-hybridized carbons (Fsp3) is 0.133. The molecule has 2 aromatic carbocycles. The third-order valence-electron chi connectivity index (χ3n) is 2.34. The third kappa shape index (κ3) is 3.90. The van der Waals surface area contributed by atoms with Crippen LogP contribution >= 0.6 is 11.6 Å². The summed E-state index contributed by atoms with van der Waals surface area (Å²) < 4.78 is 11.0. The molecule has 0 aliphatic carbocycles. The van der Waals surface area contributed by atoms with Crippen molar-refractivity contribution >= 4 is 11.6 Å². The number of ether oxygens (including phenoxy) is 2. The molecule has 2 aromatic rings. The normalized spacial score (nSPS) is 9.68. The van der Waals surface area contributed by atoms with Crippen LogP contribution in [0.25, 0.3) is 4.85 Å². The lowest BCUT2D eigenvalue weighted by atomic mass is 10.3. The van der Waals surface area contributed by atoms with Gasteiger partial charge in [0, 0.05) is 6.07 Å². The van der Waals surface area contributed by atoms with E-state index in [9.17, 15) is 0 Å². The number of nitrogens with zero attached hydrogens (tertiary/aromatic N) is 1. The monoisotopic (exact) mass is 273 g/mol. The van der Waals surface area contributed by atoms with E-state index >= 15 is 0 Å². The van der Waals surface area contributed by atoms with Crippen molar-refractivity contribution in [2.75, 3.05) is 13.2 Å². The summed E-state index contributed by atoms with van der Waals surface area (Å²) in [6.45, 7) is 7.33. The minimum Gasteiger partial charge on any atom is -0.484 e. The van der Waals surface area contributed by atoms with Gasteiger partial charge in [0.25, 0.3) is 0 Å². The fourth-order valence-electron chi connectivity index (χ4n) is 1.49. The minimum atomic E-state index is 0.318. The molecule has 0 spiro atoms. The number of benzene rings is 2. The van der Waals surface area contributed by atoms with Crippen molar-refractivity contribution in [3.05, 3.63) is 65.0 Å². The molecule has 0 aliphatic heterocycles. The molecule has 0 aliphatic rings. The van der Waals surface area contributed by atoms with Gasteiger partial charge >= 0.3 is 0 Å². The van der Waals surface area contributed by atoms with Gasteiger partial charge in [0.1, 0.15) is 17.2 Å². The average Bonchev–Trinajstić information content (AvgIpc) is 2.43. The van der Waals surface area contributed by atoms with E-state index in [0.29, 0.717) is 29.7 Å². The Morgan fingerprint density at radius 1 is 1.05 bits per heavy atom. The van der Waals surface area contributed by atoms with E-state index in [1.165, 1.54) is 0 Å². The van der Waals surface area contributed by atoms with Crippen molar-refractivity contribution in [3.63, 3.8) is 0 Å². The molecule has 3 nitrogen and oxygen atoms in total. The van der Waals surface area contributed by atoms with Gasteiger partial charge in [0.15, 0.2) is 6.61 Å². The molecule has 0 bridgehead atoms. The molecule has 0 saturated heterocycles. The highest BCUT2D eigenvalue weighted by molar-refractivity contribution is 6.32. The van der Waals surface area contributed by atoms with Crippen LogP contribution in [0.4, 0.5) is 0 Å². The first-order chi connectivity index (χ1) is 9.29. The minimum absolute atomic E-state index is 0.318. The first kappa shape index (κ1) is 13.3. The van der Waals surface area contributed by atoms with E-state index in [2.05, 4.69) is 4.85 Å². The largest absolute Gasteiger partial charge is 0.484 e. The van der Waals surface area contributed by atoms with Crippen LogP contribution in [0.1, 0.15) is 0 Å². The Kier molecular flexibility index (Phi) is 4.66. The Labute approximate surface area is 117 Å². The number of hydrogen-bond donors (Lipinski definition) is 0. The van der Waals surface area contributed by atoms with Gasteiger partial charge in [-0.1, -0.05) is 29.8 Å². The van der Waals surface area contributed by atoms with Gasteiger partial charge in [-0.2, -0.15) is 0 Å². The van der Waals surface area contributed by atoms with E-state index in [1.54, 1.807) is 18.2 Å². The number of para-hydroxylation sites is 1. The van der Waals surface area contributed by atoms with Crippen molar-refractivity contribution in [3.8, 4) is 17.2 Å². The molecule has 0 saturated carbocycles. The summed E-state index contributed by atoms with van der Waals surface area (Å²) in [7, 11) is 0. The molecule has 0 aromatic heterocycles. The first-order valence-corrected chi connectivity index (χ1v) is 6.16. The Balaban J connectivity index is 2.04. The molecule has 0 fully saturated rings. The predicted molar refractivity (Wildman–Crippen MR) is 74.9 cm³/mol. The highest BCUT2D eigenvalue weighted by Crippen LogP contribution is 2.31. The van der Waals surface area contributed by atoms with Crippen LogP contribution in [0.15, 0.2) is 48.5 Å². The summed E-state index contributed by atoms with van der Waals surface area (Å²) in [6.07, 6.45) is 0. The smallest absolute Gasteiger partial charge is 0.248 e. The highest BCUT2D eigenvalue weighted by Gasteiger charge is 2.05. The van der Waals surface area contributed by atoms with E-state index in [0.717, 1.165) is 5.75 Å². The molecule has 0 amide bonds. The van der Waals surface area contributed by atoms with Crippen LogP contribution in [0.5, 0.6) is 17.2 Å². The molecular formula is C15H12ClNO2. The SMILES string of the molecule is [C-]#[N+]CCOc1ccc(Oc2ccccc2)cc1Cl. The molecule has 0 unspecified atom stereocenters. The Bertz CT molecular complexity index is 578. The Morgan fingerprint density at radius 3 is 2.53 bits per heavy atom. The molecule has 0 N–H and O–H groups in total. The summed E-state index contributed by atoms with van der Waals surface area (Å²) >= 11 is 6.09. The van der Waals surface area contributed by atoms with Crippen LogP contribution in [0, 0.1) is 6.57 Å². The highest BCUT2D eigenvalue weighted by atomic mass is 35.5. The molecule has 0 radical (unpaired) electrons. The van der Waals surface area contributed by atoms with Crippen molar-refractivity contribution in [1.82, 2.24) is 0 Å². The van der Waals surface area contributed by atoms with Crippen LogP contribution in [-0.4, -0.2) is 13.2 Å². The zero-order valence-electron chi connectivity index (χ0n) is 10.2. The van der Waals surface area contributed by atoms with Gasteiger partial charge in [-0.3, -0.25) is 0 Å². The second-order valence-corrected chi connectivity index (χ2v) is 4.14. The molecular weight excluding hydrogens is 262 g/mol. The standard InChI is InChI=1S/C15H12ClNO2/c1-17-9-10-18-15-8-7-13(11-14(15)16)19-12-5-3-2-4-6-12/h2-8,11H,9-10H2. The van der Waals surface area contributed by atoms with Crippen LogP contribution in [-0.2, 0) is 0 Å². The second kappa shape index (κ2) is 6.67. The van der Waals surface area contributed by atoms with E-state index in [-0.39, 0.29) is 0 Å². The maximum atomic E-state index is 6.67. The number of rotatable bonds is 5. The molecule has 2 rings (SSSR count). The molecule has 4 heteroatoms. The average molecular weight is 274 g/mol. The van der Waals surface area contributed by atoms with Gasteiger partial charge in [-0.25, -0.2) is 6.57 Å². The topological polar surface area (TPSA) is 22.8 Å². The summed E-state index contributed by atoms with van der Waals surface area (Å²) in [5.41, 5.74) is 0. The van der Waals surface area contributed by atoms with Crippen LogP contribution in [0.2, 0.25) is 5.02 Å². The summed E-state index contributed by atoms with van der Waals surface area (Å²) in [4.78, 5) is 3.21. The molecule has 0 atom stereocenters. The quantitative estimate of drug-likeness (QED) is 0.594. The fourth-order valence-corrected chi connectivity index (χ4v) is 1.71. The van der Waals surface area contributed by atoms with Gasteiger partial charge in [-0.15, -0.1) is 0 Å². The lowest BCUT2D eigenvalue weighted by Gasteiger charge is -2.09. The Morgan fingerprint density at radius 2 is 1.84 bits per heavy atom. The number of hydrogen-bond acceptors (Lipinski definition) is 2. The Hall–Kier alpha value is -2.18. The lowest BCUT2D eigenvalue weighted by Crippen LogP contribution is -1.99. The zero-order chi connectivity index (χ0) is 13.5. The maximum absolute atomic E-state index is 6.67. The van der Waals surface area contributed by atoms with Gasteiger partial charge in [-0.05, 0) is 24.3 Å². The van der Waals surface area contributed by atoms with Gasteiger partial charge in [0.05, 0.1) is 5.02 Å². The molecule has 19 heavy (non-hydrogen) atoms. The molecule has 0 heterocycles. The molecule has 96 valence electrons. The maximum Gasteiger partial charge on any atom is 0.248 e. The first-order valence-electron chi connectivity index (χ1n) is 5.78. The van der Waals surface area contributed by atoms with E-state index < -0.39 is 0 Å². The number of halogens is 1. The van der Waals surface area contributed by atoms with Crippen molar-refractivity contribution in [2.45, 2.75) is 0 Å². The van der Waals surface area contributed by atoms with Crippen LogP contribution in [0.3, 0.4) is 0 Å². The van der Waals surface area contributed by atoms with Gasteiger partial charge in [0.2, 0.25) is 6.54 Å². The summed E-state index contributed by atoms with van der Waals surface area (Å²) in [6, 6.07) is 14.7. The zero-order valence-corrected chi connectivity index (χ0v) is 10.9. The summed E-state index contributed by atoms with van der Waals surface area (Å²) in [5, 5.41) is 0.471. The van der Waals surface area contributed by atoms with Crippen molar-refractivity contribution in [1.29, 1.82) is 0 Å². The second-order valence-electron chi connectivity index (χ2n) is 3.74. The summed E-state index contributed by atoms with van der Waals surface area (Å²) in [5.74, 6) is 1.96. The predicted octanol–water partition coefficient (Wildman–Crippen LogP) is 4.43. The van der Waals surface area contributed by atoms with Crippen LogP contribution < -0.4 is 9.47 Å². The van der Waals surface area contributed by atoms with Crippen molar-refractivity contribution in [2.24, 2.45) is 0 Å². The van der Waals surface area contributed by atoms with Crippen molar-refractivity contribution < 1.29 is 9.47 Å². The third-order valence-corrected chi connectivity index (χ3v) is 2.64. The van der Waals surface area contributed by atoms with E-state index in [1.807, 2.05) is 30.3 Å². The lowest BCUT2D eigenvalue weighted by molar-refractivity contribution is 0.336. The van der Waals surface area contributed by atoms with E-state index in [4.69, 9.17) is 27.6 Å². The van der Waals surface area contributed by atoms with Gasteiger partial charge < -0.3 is 14.3 Å².